The van der Waals surface area contributed by atoms with E-state index in [2.05, 4.69) is 0 Å². The van der Waals surface area contributed by atoms with Gasteiger partial charge in [0.25, 0.3) is 0 Å². The van der Waals surface area contributed by atoms with E-state index in [0.717, 1.165) is 10.6 Å². The summed E-state index contributed by atoms with van der Waals surface area (Å²) in [5.41, 5.74) is 0.646. The van der Waals surface area contributed by atoms with Crippen LogP contribution in [-0.2, 0) is 0 Å². The lowest BCUT2D eigenvalue weighted by Gasteiger charge is -2.10. The topological polar surface area (TPSA) is 26.3 Å². The van der Waals surface area contributed by atoms with Crippen LogP contribution in [0.3, 0.4) is 0 Å². The highest BCUT2D eigenvalue weighted by Gasteiger charge is 2.16. The lowest BCUT2D eigenvalue weighted by molar-refractivity contribution is 0.0994. The van der Waals surface area contributed by atoms with Gasteiger partial charge >= 0.3 is 0 Å². The SMILES string of the molecule is COc1ccc(C(=O)C(C)Sc2ccc(F)cc2)cc1. The van der Waals surface area contributed by atoms with Crippen molar-refractivity contribution in [3.63, 3.8) is 0 Å². The van der Waals surface area contributed by atoms with Crippen LogP contribution in [0.25, 0.3) is 0 Å². The van der Waals surface area contributed by atoms with Crippen LogP contribution in [0.1, 0.15) is 17.3 Å². The van der Waals surface area contributed by atoms with E-state index in [1.807, 2.05) is 6.92 Å². The molecule has 1 unspecified atom stereocenters. The van der Waals surface area contributed by atoms with Crippen molar-refractivity contribution in [2.24, 2.45) is 0 Å². The highest BCUT2D eigenvalue weighted by molar-refractivity contribution is 8.00. The molecule has 4 heteroatoms. The Balaban J connectivity index is 2.05. The number of hydrogen-bond acceptors (Lipinski definition) is 3. The maximum atomic E-state index is 12.8. The maximum Gasteiger partial charge on any atom is 0.175 e. The third-order valence-electron chi connectivity index (χ3n) is 2.87. The molecule has 0 fully saturated rings. The van der Waals surface area contributed by atoms with Crippen molar-refractivity contribution in [2.45, 2.75) is 17.1 Å². The predicted molar refractivity (Wildman–Crippen MR) is 79.0 cm³/mol. The van der Waals surface area contributed by atoms with Gasteiger partial charge in [0.05, 0.1) is 12.4 Å². The molecule has 20 heavy (non-hydrogen) atoms. The maximum absolute atomic E-state index is 12.8. The Labute approximate surface area is 122 Å². The minimum atomic E-state index is -0.275. The second-order valence-corrected chi connectivity index (χ2v) is 5.72. The summed E-state index contributed by atoms with van der Waals surface area (Å²) in [6.45, 7) is 1.85. The smallest absolute Gasteiger partial charge is 0.175 e. The van der Waals surface area contributed by atoms with E-state index in [-0.39, 0.29) is 16.9 Å². The normalized spacial score (nSPS) is 11.9. The zero-order valence-corrected chi connectivity index (χ0v) is 12.1. The summed E-state index contributed by atoms with van der Waals surface area (Å²) in [5.74, 6) is 0.492. The molecule has 0 radical (unpaired) electrons. The van der Waals surface area contributed by atoms with Crippen LogP contribution in [0.15, 0.2) is 53.4 Å². The minimum Gasteiger partial charge on any atom is -0.497 e. The fourth-order valence-electron chi connectivity index (χ4n) is 1.76. The number of methoxy groups -OCH3 is 1. The standard InChI is InChI=1S/C16H15FO2S/c1-11(20-15-9-5-13(17)6-10-15)16(18)12-3-7-14(19-2)8-4-12/h3-11H,1-2H3. The molecule has 2 aromatic carbocycles. The first-order valence-corrected chi connectivity index (χ1v) is 7.08. The average molecular weight is 290 g/mol. The molecule has 0 heterocycles. The molecule has 0 saturated heterocycles. The monoisotopic (exact) mass is 290 g/mol. The van der Waals surface area contributed by atoms with Crippen molar-refractivity contribution < 1.29 is 13.9 Å². The number of halogens is 1. The number of hydrogen-bond donors (Lipinski definition) is 0. The number of thioether (sulfide) groups is 1. The van der Waals surface area contributed by atoms with Crippen molar-refractivity contribution in [3.05, 3.63) is 59.9 Å². The molecule has 2 rings (SSSR count). The van der Waals surface area contributed by atoms with Crippen LogP contribution in [0.5, 0.6) is 5.75 Å². The second kappa shape index (κ2) is 6.57. The summed E-state index contributed by atoms with van der Waals surface area (Å²) < 4.78 is 17.9. The Morgan fingerprint density at radius 2 is 1.70 bits per heavy atom. The molecule has 0 spiro atoms. The molecule has 0 aliphatic rings. The van der Waals surface area contributed by atoms with E-state index in [9.17, 15) is 9.18 Å². The molecule has 0 bridgehead atoms. The first-order chi connectivity index (χ1) is 9.60. The van der Waals surface area contributed by atoms with Gasteiger partial charge in [-0.3, -0.25) is 4.79 Å². The second-order valence-electron chi connectivity index (χ2n) is 4.31. The number of ketones is 1. The minimum absolute atomic E-state index is 0.0435. The Morgan fingerprint density at radius 3 is 2.25 bits per heavy atom. The Morgan fingerprint density at radius 1 is 1.10 bits per heavy atom. The van der Waals surface area contributed by atoms with E-state index >= 15 is 0 Å². The van der Waals surface area contributed by atoms with E-state index in [1.165, 1.54) is 23.9 Å². The van der Waals surface area contributed by atoms with Crippen LogP contribution in [-0.4, -0.2) is 18.1 Å². The van der Waals surface area contributed by atoms with Crippen molar-refractivity contribution in [3.8, 4) is 5.75 Å². The predicted octanol–water partition coefficient (Wildman–Crippen LogP) is 4.20. The van der Waals surface area contributed by atoms with Gasteiger partial charge < -0.3 is 4.74 Å². The molecule has 0 saturated carbocycles. The van der Waals surface area contributed by atoms with Gasteiger partial charge in [0.1, 0.15) is 11.6 Å². The van der Waals surface area contributed by atoms with E-state index in [4.69, 9.17) is 4.74 Å². The number of rotatable bonds is 5. The quantitative estimate of drug-likeness (QED) is 0.610. The van der Waals surface area contributed by atoms with Crippen LogP contribution >= 0.6 is 11.8 Å². The molecule has 0 N–H and O–H groups in total. The van der Waals surface area contributed by atoms with Gasteiger partial charge in [-0.25, -0.2) is 4.39 Å². The largest absolute Gasteiger partial charge is 0.497 e. The summed E-state index contributed by atoms with van der Waals surface area (Å²) in [7, 11) is 1.59. The molecule has 1 atom stereocenters. The van der Waals surface area contributed by atoms with Gasteiger partial charge in [-0.15, -0.1) is 11.8 Å². The molecular weight excluding hydrogens is 275 g/mol. The summed E-state index contributed by atoms with van der Waals surface area (Å²) in [4.78, 5) is 13.2. The summed E-state index contributed by atoms with van der Waals surface area (Å²) >= 11 is 1.42. The molecule has 0 amide bonds. The van der Waals surface area contributed by atoms with Gasteiger partial charge in [-0.2, -0.15) is 0 Å². The third kappa shape index (κ3) is 3.61. The average Bonchev–Trinajstić information content (AvgIpc) is 2.49. The van der Waals surface area contributed by atoms with Gasteiger partial charge in [-0.1, -0.05) is 0 Å². The van der Waals surface area contributed by atoms with Crippen LogP contribution in [0.2, 0.25) is 0 Å². The first-order valence-electron chi connectivity index (χ1n) is 6.20. The van der Waals surface area contributed by atoms with Gasteiger partial charge in [0.15, 0.2) is 5.78 Å². The van der Waals surface area contributed by atoms with Crippen molar-refractivity contribution in [1.82, 2.24) is 0 Å². The number of benzene rings is 2. The van der Waals surface area contributed by atoms with Crippen molar-refractivity contribution in [2.75, 3.05) is 7.11 Å². The van der Waals surface area contributed by atoms with Crippen LogP contribution in [0, 0.1) is 5.82 Å². The van der Waals surface area contributed by atoms with E-state index in [1.54, 1.807) is 43.5 Å². The highest BCUT2D eigenvalue weighted by Crippen LogP contribution is 2.26. The van der Waals surface area contributed by atoms with Crippen LogP contribution < -0.4 is 4.74 Å². The molecule has 0 aliphatic carbocycles. The van der Waals surface area contributed by atoms with E-state index < -0.39 is 0 Å². The molecule has 2 aromatic rings. The lowest BCUT2D eigenvalue weighted by atomic mass is 10.1. The van der Waals surface area contributed by atoms with E-state index in [0.29, 0.717) is 5.56 Å². The first kappa shape index (κ1) is 14.6. The number of carbonyl (C=O) groups is 1. The summed E-state index contributed by atoms with van der Waals surface area (Å²) in [6.07, 6.45) is 0. The number of carbonyl (C=O) groups excluding carboxylic acids is 1. The highest BCUT2D eigenvalue weighted by atomic mass is 32.2. The Hall–Kier alpha value is -1.81. The third-order valence-corrected chi connectivity index (χ3v) is 3.98. The fraction of sp³-hybridized carbons (Fsp3) is 0.188. The lowest BCUT2D eigenvalue weighted by Crippen LogP contribution is -2.13. The van der Waals surface area contributed by atoms with Gasteiger partial charge in [0, 0.05) is 10.5 Å². The van der Waals surface area contributed by atoms with Gasteiger partial charge in [0.2, 0.25) is 0 Å². The molecule has 2 nitrogen and oxygen atoms in total. The molecule has 0 aromatic heterocycles. The Kier molecular flexibility index (Phi) is 4.79. The van der Waals surface area contributed by atoms with Crippen molar-refractivity contribution in [1.29, 1.82) is 0 Å². The Bertz CT molecular complexity index is 578. The molecule has 0 aliphatic heterocycles. The summed E-state index contributed by atoms with van der Waals surface area (Å²) in [5, 5.41) is -0.228. The van der Waals surface area contributed by atoms with Crippen LogP contribution in [0.4, 0.5) is 4.39 Å². The zero-order valence-electron chi connectivity index (χ0n) is 11.3. The van der Waals surface area contributed by atoms with Gasteiger partial charge in [-0.05, 0) is 55.5 Å². The molecule has 104 valence electrons. The number of Topliss-reactive ketones (excluding diaryl/α,β-unsaturated/α-hetero) is 1. The number of ether oxygens (including phenoxy) is 1. The zero-order chi connectivity index (χ0) is 14.5. The fourth-order valence-corrected chi connectivity index (χ4v) is 2.71. The molecular formula is C16H15FO2S. The van der Waals surface area contributed by atoms with Crippen molar-refractivity contribution >= 4 is 17.5 Å². The summed E-state index contributed by atoms with van der Waals surface area (Å²) in [6, 6.07) is 13.2.